The van der Waals surface area contributed by atoms with E-state index in [9.17, 15) is 8.42 Å². The van der Waals surface area contributed by atoms with E-state index in [4.69, 9.17) is 11.6 Å². The van der Waals surface area contributed by atoms with Gasteiger partial charge in [0, 0.05) is 22.9 Å². The van der Waals surface area contributed by atoms with Crippen molar-refractivity contribution >= 4 is 33.4 Å². The Bertz CT molecular complexity index is 601. The Labute approximate surface area is 136 Å². The number of hydrogen-bond acceptors (Lipinski definition) is 4. The van der Waals surface area contributed by atoms with Gasteiger partial charge in [-0.2, -0.15) is 11.8 Å². The van der Waals surface area contributed by atoms with Crippen LogP contribution in [0.5, 0.6) is 0 Å². The molecule has 0 bridgehead atoms. The second kappa shape index (κ2) is 6.87. The highest BCUT2D eigenvalue weighted by molar-refractivity contribution is 8.00. The Kier molecular flexibility index (Phi) is 5.59. The molecule has 0 radical (unpaired) electrons. The van der Waals surface area contributed by atoms with Crippen molar-refractivity contribution in [1.29, 1.82) is 0 Å². The van der Waals surface area contributed by atoms with E-state index in [0.717, 1.165) is 24.9 Å². The van der Waals surface area contributed by atoms with Crippen molar-refractivity contribution in [3.05, 3.63) is 28.8 Å². The Morgan fingerprint density at radius 3 is 2.62 bits per heavy atom. The van der Waals surface area contributed by atoms with E-state index >= 15 is 0 Å². The van der Waals surface area contributed by atoms with Gasteiger partial charge in [0.05, 0.1) is 4.90 Å². The summed E-state index contributed by atoms with van der Waals surface area (Å²) in [5.74, 6) is 0. The van der Waals surface area contributed by atoms with Gasteiger partial charge in [-0.15, -0.1) is 0 Å². The summed E-state index contributed by atoms with van der Waals surface area (Å²) in [7, 11) is -3.49. The number of nitrogens with one attached hydrogen (secondary N) is 2. The van der Waals surface area contributed by atoms with E-state index < -0.39 is 10.0 Å². The molecule has 1 fully saturated rings. The summed E-state index contributed by atoms with van der Waals surface area (Å²) in [6.07, 6.45) is 4.16. The zero-order valence-electron chi connectivity index (χ0n) is 12.3. The van der Waals surface area contributed by atoms with Gasteiger partial charge in [-0.1, -0.05) is 24.6 Å². The van der Waals surface area contributed by atoms with Crippen LogP contribution in [0.2, 0.25) is 5.02 Å². The lowest BCUT2D eigenvalue weighted by atomic mass is 10.2. The Balaban J connectivity index is 2.07. The molecule has 1 aliphatic rings. The van der Waals surface area contributed by atoms with Gasteiger partial charge in [0.15, 0.2) is 0 Å². The molecule has 4 nitrogen and oxygen atoms in total. The van der Waals surface area contributed by atoms with E-state index in [1.54, 1.807) is 23.9 Å². The predicted molar refractivity (Wildman–Crippen MR) is 89.5 cm³/mol. The van der Waals surface area contributed by atoms with Crippen LogP contribution >= 0.6 is 23.4 Å². The van der Waals surface area contributed by atoms with Crippen LogP contribution in [0.3, 0.4) is 0 Å². The molecule has 0 unspecified atom stereocenters. The molecule has 0 aliphatic heterocycles. The first kappa shape index (κ1) is 17.1. The highest BCUT2D eigenvalue weighted by atomic mass is 35.5. The second-order valence-electron chi connectivity index (χ2n) is 5.25. The van der Waals surface area contributed by atoms with Gasteiger partial charge in [0.2, 0.25) is 10.0 Å². The van der Waals surface area contributed by atoms with Crippen LogP contribution in [0, 0.1) is 0 Å². The molecule has 2 rings (SSSR count). The van der Waals surface area contributed by atoms with Crippen LogP contribution in [-0.2, 0) is 16.6 Å². The number of thioether (sulfide) groups is 1. The van der Waals surface area contributed by atoms with E-state index in [1.165, 1.54) is 6.07 Å². The van der Waals surface area contributed by atoms with E-state index in [0.29, 0.717) is 18.1 Å². The summed E-state index contributed by atoms with van der Waals surface area (Å²) < 4.78 is 27.4. The molecule has 0 spiro atoms. The Morgan fingerprint density at radius 1 is 1.38 bits per heavy atom. The Morgan fingerprint density at radius 2 is 2.10 bits per heavy atom. The van der Waals surface area contributed by atoms with Crippen molar-refractivity contribution in [2.75, 3.05) is 19.3 Å². The van der Waals surface area contributed by atoms with Crippen LogP contribution < -0.4 is 10.0 Å². The summed E-state index contributed by atoms with van der Waals surface area (Å²) in [5.41, 5.74) is 0.903. The van der Waals surface area contributed by atoms with Crippen LogP contribution in [0.15, 0.2) is 23.1 Å². The summed E-state index contributed by atoms with van der Waals surface area (Å²) >= 11 is 7.89. The first-order valence-corrected chi connectivity index (χ1v) is 10.0. The fourth-order valence-corrected chi connectivity index (χ4v) is 4.28. The molecule has 1 aromatic rings. The number of halogens is 1. The predicted octanol–water partition coefficient (Wildman–Crippen LogP) is 2.62. The third kappa shape index (κ3) is 4.36. The lowest BCUT2D eigenvalue weighted by Gasteiger charge is -2.14. The third-order valence-electron chi connectivity index (χ3n) is 3.73. The van der Waals surface area contributed by atoms with Gasteiger partial charge in [0.1, 0.15) is 0 Å². The standard InChI is InChI=1S/C14H21ClN2O2S2/c1-3-16-9-11-4-5-12(8-13(11)15)21(18,19)17-10-14(20-2)6-7-14/h4-5,8,16-17H,3,6-7,9-10H2,1-2H3. The lowest BCUT2D eigenvalue weighted by Crippen LogP contribution is -2.31. The summed E-state index contributed by atoms with van der Waals surface area (Å²) in [4.78, 5) is 0.227. The fraction of sp³-hybridized carbons (Fsp3) is 0.571. The number of rotatable bonds is 8. The van der Waals surface area contributed by atoms with Gasteiger partial charge < -0.3 is 5.32 Å². The monoisotopic (exact) mass is 348 g/mol. The average Bonchev–Trinajstić information content (AvgIpc) is 3.25. The van der Waals surface area contributed by atoms with Gasteiger partial charge in [-0.05, 0) is 43.3 Å². The smallest absolute Gasteiger partial charge is 0.240 e. The molecule has 0 atom stereocenters. The molecule has 0 aromatic heterocycles. The average molecular weight is 349 g/mol. The maximum Gasteiger partial charge on any atom is 0.240 e. The topological polar surface area (TPSA) is 58.2 Å². The van der Waals surface area contributed by atoms with Crippen LogP contribution in [-0.4, -0.2) is 32.5 Å². The molecule has 7 heteroatoms. The maximum absolute atomic E-state index is 12.3. The van der Waals surface area contributed by atoms with Crippen LogP contribution in [0.4, 0.5) is 0 Å². The van der Waals surface area contributed by atoms with Crippen LogP contribution in [0.25, 0.3) is 0 Å². The summed E-state index contributed by atoms with van der Waals surface area (Å²) in [6.45, 7) is 3.97. The molecular formula is C14H21ClN2O2S2. The van der Waals surface area contributed by atoms with E-state index in [1.807, 2.05) is 13.2 Å². The molecule has 0 saturated heterocycles. The zero-order valence-corrected chi connectivity index (χ0v) is 14.7. The normalized spacial score (nSPS) is 16.9. The first-order chi connectivity index (χ1) is 9.92. The van der Waals surface area contributed by atoms with Crippen molar-refractivity contribution in [1.82, 2.24) is 10.0 Å². The van der Waals surface area contributed by atoms with Crippen molar-refractivity contribution in [3.63, 3.8) is 0 Å². The first-order valence-electron chi connectivity index (χ1n) is 6.96. The molecule has 0 heterocycles. The number of benzene rings is 1. The lowest BCUT2D eigenvalue weighted by molar-refractivity contribution is 0.579. The number of sulfonamides is 1. The molecule has 1 aliphatic carbocycles. The minimum atomic E-state index is -3.49. The SMILES string of the molecule is CCNCc1ccc(S(=O)(=O)NCC2(SC)CC2)cc1Cl. The van der Waals surface area contributed by atoms with Gasteiger partial charge >= 0.3 is 0 Å². The fourth-order valence-electron chi connectivity index (χ4n) is 2.00. The van der Waals surface area contributed by atoms with Crippen LogP contribution in [0.1, 0.15) is 25.3 Å². The van der Waals surface area contributed by atoms with Crippen molar-refractivity contribution in [3.8, 4) is 0 Å². The third-order valence-corrected chi connectivity index (χ3v) is 6.89. The van der Waals surface area contributed by atoms with Gasteiger partial charge in [0.25, 0.3) is 0 Å². The highest BCUT2D eigenvalue weighted by Gasteiger charge is 2.42. The molecule has 21 heavy (non-hydrogen) atoms. The second-order valence-corrected chi connectivity index (χ2v) is 8.69. The molecule has 1 saturated carbocycles. The quantitative estimate of drug-likeness (QED) is 0.758. The van der Waals surface area contributed by atoms with Crippen molar-refractivity contribution in [2.45, 2.75) is 36.0 Å². The minimum absolute atomic E-state index is 0.0991. The van der Waals surface area contributed by atoms with Crippen molar-refractivity contribution in [2.24, 2.45) is 0 Å². The summed E-state index contributed by atoms with van der Waals surface area (Å²) in [6, 6.07) is 4.90. The maximum atomic E-state index is 12.3. The summed E-state index contributed by atoms with van der Waals surface area (Å²) in [5, 5.41) is 3.65. The molecule has 1 aromatic carbocycles. The van der Waals surface area contributed by atoms with E-state index in [2.05, 4.69) is 10.0 Å². The minimum Gasteiger partial charge on any atom is -0.313 e. The molecule has 118 valence electrons. The highest BCUT2D eigenvalue weighted by Crippen LogP contribution is 2.46. The van der Waals surface area contributed by atoms with Crippen molar-refractivity contribution < 1.29 is 8.42 Å². The van der Waals surface area contributed by atoms with Gasteiger partial charge in [-0.3, -0.25) is 0 Å². The zero-order chi connectivity index (χ0) is 15.5. The van der Waals surface area contributed by atoms with Gasteiger partial charge in [-0.25, -0.2) is 13.1 Å². The Hall–Kier alpha value is -0.270. The molecule has 0 amide bonds. The molecular weight excluding hydrogens is 328 g/mol. The largest absolute Gasteiger partial charge is 0.313 e. The van der Waals surface area contributed by atoms with E-state index in [-0.39, 0.29) is 9.64 Å². The number of hydrogen-bond donors (Lipinski definition) is 2. The molecule has 2 N–H and O–H groups in total.